The molecule has 132 valence electrons. The molecule has 0 aromatic heterocycles. The molecule has 0 heteroatoms. The van der Waals surface area contributed by atoms with Crippen LogP contribution in [-0.4, -0.2) is 0 Å². The van der Waals surface area contributed by atoms with Crippen molar-refractivity contribution in [2.75, 3.05) is 0 Å². The first kappa shape index (κ1) is 18.8. The molecule has 2 bridgehead atoms. The highest BCUT2D eigenvalue weighted by Gasteiger charge is 2.69. The molecule has 0 aromatic carbocycles. The van der Waals surface area contributed by atoms with Crippen molar-refractivity contribution in [3.05, 3.63) is 22.3 Å². The Bertz CT molecular complexity index is 608. The normalized spacial score (nSPS) is 41.9. The second-order valence-electron chi connectivity index (χ2n) is 10.5. The van der Waals surface area contributed by atoms with Gasteiger partial charge in [-0.2, -0.15) is 0 Å². The molecule has 0 aromatic rings. The maximum Gasteiger partial charge on any atom is 0.00284 e. The molecule has 0 saturated heterocycles. The van der Waals surface area contributed by atoms with Crippen molar-refractivity contribution < 1.29 is 0 Å². The van der Waals surface area contributed by atoms with Crippen LogP contribution in [0.5, 0.6) is 0 Å². The number of hydrogen-bond acceptors (Lipinski definition) is 0. The van der Waals surface area contributed by atoms with E-state index in [1.807, 2.05) is 0 Å². The minimum Gasteiger partial charge on any atom is -0.0701 e. The first-order valence-corrected chi connectivity index (χ1v) is 9.40. The van der Waals surface area contributed by atoms with Crippen molar-refractivity contribution >= 4 is 0 Å². The predicted octanol–water partition coefficient (Wildman–Crippen LogP) is 7.41. The van der Waals surface area contributed by atoms with E-state index in [0.29, 0.717) is 5.92 Å². The fourth-order valence-corrected chi connectivity index (χ4v) is 6.72. The maximum atomic E-state index is 2.54. The molecule has 3 rings (SSSR count). The summed E-state index contributed by atoms with van der Waals surface area (Å²) in [5, 5.41) is 0. The van der Waals surface area contributed by atoms with E-state index >= 15 is 0 Å². The van der Waals surface area contributed by atoms with Crippen molar-refractivity contribution in [3.8, 4) is 0 Å². The monoisotopic (exact) mass is 316 g/mol. The largest absolute Gasteiger partial charge is 0.0701 e. The Morgan fingerprint density at radius 2 is 1.04 bits per heavy atom. The van der Waals surface area contributed by atoms with E-state index in [2.05, 4.69) is 90.0 Å². The summed E-state index contributed by atoms with van der Waals surface area (Å²) in [6, 6.07) is 0. The molecule has 3 unspecified atom stereocenters. The van der Waals surface area contributed by atoms with Crippen molar-refractivity contribution in [3.63, 3.8) is 0 Å². The molecule has 0 nitrogen and oxygen atoms in total. The van der Waals surface area contributed by atoms with Crippen molar-refractivity contribution in [2.24, 2.45) is 33.0 Å². The van der Waals surface area contributed by atoms with Gasteiger partial charge in [0.25, 0.3) is 0 Å². The van der Waals surface area contributed by atoms with Crippen LogP contribution in [0, 0.1) is 33.0 Å². The highest BCUT2D eigenvalue weighted by Crippen LogP contribution is 2.76. The summed E-state index contributed by atoms with van der Waals surface area (Å²) in [6.07, 6.45) is 0. The van der Waals surface area contributed by atoms with Gasteiger partial charge >= 0.3 is 0 Å². The minimum atomic E-state index is 0.151. The van der Waals surface area contributed by atoms with Crippen LogP contribution in [0.15, 0.2) is 22.3 Å². The molecule has 0 saturated carbocycles. The van der Waals surface area contributed by atoms with E-state index in [-0.39, 0.29) is 27.1 Å². The molecule has 0 aliphatic heterocycles. The van der Waals surface area contributed by atoms with Gasteiger partial charge in [-0.25, -0.2) is 0 Å². The summed E-state index contributed by atoms with van der Waals surface area (Å²) >= 11 is 0. The summed E-state index contributed by atoms with van der Waals surface area (Å²) in [5.41, 5.74) is 7.41. The zero-order valence-electron chi connectivity index (χ0n) is 18.1. The third-order valence-corrected chi connectivity index (χ3v) is 10.5. The zero-order chi connectivity index (χ0) is 18.4. The number of hydrogen-bond donors (Lipinski definition) is 0. The molecule has 3 aliphatic rings. The molecule has 0 radical (unpaired) electrons. The Morgan fingerprint density at radius 1 is 0.609 bits per heavy atom. The SMILES string of the molecule is CC1=C(C)C(C)(C)C2(C)C(C)=C(C)C(C)(C1C)C(C)(C)C2(C)C. The fraction of sp³-hybridized carbons (Fsp3) is 0.826. The highest BCUT2D eigenvalue weighted by molar-refractivity contribution is 5.45. The number of fused-ring (bicyclic) bond motifs is 3. The molecule has 3 aliphatic carbocycles. The second-order valence-corrected chi connectivity index (χ2v) is 10.5. The Balaban J connectivity index is 3.13. The van der Waals surface area contributed by atoms with Crippen molar-refractivity contribution in [1.82, 2.24) is 0 Å². The molecule has 0 fully saturated rings. The van der Waals surface area contributed by atoms with Gasteiger partial charge in [0.15, 0.2) is 0 Å². The first-order valence-electron chi connectivity index (χ1n) is 9.40. The average molecular weight is 317 g/mol. The smallest absolute Gasteiger partial charge is 0.00284 e. The van der Waals surface area contributed by atoms with Gasteiger partial charge in [0, 0.05) is 10.8 Å². The molecule has 0 amide bonds. The highest BCUT2D eigenvalue weighted by atomic mass is 14.7. The van der Waals surface area contributed by atoms with Gasteiger partial charge in [-0.15, -0.1) is 0 Å². The zero-order valence-corrected chi connectivity index (χ0v) is 18.1. The topological polar surface area (TPSA) is 0 Å². The van der Waals surface area contributed by atoms with Gasteiger partial charge in [0.05, 0.1) is 0 Å². The molecule has 0 spiro atoms. The Morgan fingerprint density at radius 3 is 1.48 bits per heavy atom. The molecule has 23 heavy (non-hydrogen) atoms. The lowest BCUT2D eigenvalue weighted by atomic mass is 9.31. The summed E-state index contributed by atoms with van der Waals surface area (Å²) in [6.45, 7) is 32.3. The Kier molecular flexibility index (Phi) is 3.72. The lowest BCUT2D eigenvalue weighted by Gasteiger charge is -2.72. The number of allylic oxidation sites excluding steroid dienone is 4. The van der Waals surface area contributed by atoms with E-state index in [4.69, 9.17) is 0 Å². The van der Waals surface area contributed by atoms with Crippen molar-refractivity contribution in [1.29, 1.82) is 0 Å². The van der Waals surface area contributed by atoms with E-state index in [1.54, 1.807) is 22.3 Å². The standard InChI is InChI=1S/C23H40/c1-14-15(2)19(6,7)23(13)18(5)17(4)22(12,16(14)3)20(8,9)21(23,10)11/h16H,1-13H3. The van der Waals surface area contributed by atoms with E-state index in [1.165, 1.54) is 0 Å². The number of rotatable bonds is 0. The van der Waals surface area contributed by atoms with Gasteiger partial charge in [-0.1, -0.05) is 84.6 Å². The van der Waals surface area contributed by atoms with Crippen LogP contribution in [0.2, 0.25) is 0 Å². The van der Waals surface area contributed by atoms with Crippen LogP contribution in [-0.2, 0) is 0 Å². The van der Waals surface area contributed by atoms with Crippen LogP contribution < -0.4 is 0 Å². The van der Waals surface area contributed by atoms with Crippen molar-refractivity contribution in [2.45, 2.75) is 90.0 Å². The van der Waals surface area contributed by atoms with E-state index in [9.17, 15) is 0 Å². The lowest BCUT2D eigenvalue weighted by Crippen LogP contribution is -2.65. The van der Waals surface area contributed by atoms with Crippen LogP contribution in [0.4, 0.5) is 0 Å². The minimum absolute atomic E-state index is 0.151. The Labute approximate surface area is 145 Å². The fourth-order valence-electron chi connectivity index (χ4n) is 6.72. The van der Waals surface area contributed by atoms with Gasteiger partial charge in [0.1, 0.15) is 0 Å². The summed E-state index contributed by atoms with van der Waals surface area (Å²) < 4.78 is 0. The lowest BCUT2D eigenvalue weighted by molar-refractivity contribution is -0.152. The van der Waals surface area contributed by atoms with E-state index < -0.39 is 0 Å². The third kappa shape index (κ3) is 1.60. The quantitative estimate of drug-likeness (QED) is 0.408. The Hall–Kier alpha value is -0.520. The predicted molar refractivity (Wildman–Crippen MR) is 103 cm³/mol. The van der Waals surface area contributed by atoms with Crippen LogP contribution in [0.3, 0.4) is 0 Å². The first-order chi connectivity index (χ1) is 10.0. The van der Waals surface area contributed by atoms with Crippen LogP contribution in [0.25, 0.3) is 0 Å². The summed E-state index contributed by atoms with van der Waals surface area (Å²) in [4.78, 5) is 0. The average Bonchev–Trinajstić information content (AvgIpc) is 2.46. The van der Waals surface area contributed by atoms with Crippen LogP contribution >= 0.6 is 0 Å². The molecule has 3 atom stereocenters. The maximum absolute atomic E-state index is 2.54. The van der Waals surface area contributed by atoms with E-state index in [0.717, 1.165) is 0 Å². The van der Waals surface area contributed by atoms with Gasteiger partial charge in [0.2, 0.25) is 0 Å². The summed E-state index contributed by atoms with van der Waals surface area (Å²) in [5.74, 6) is 0.566. The van der Waals surface area contributed by atoms with Crippen LogP contribution in [0.1, 0.15) is 90.0 Å². The molecule has 0 heterocycles. The molecular weight excluding hydrogens is 276 g/mol. The van der Waals surface area contributed by atoms with Gasteiger partial charge < -0.3 is 0 Å². The van der Waals surface area contributed by atoms with Gasteiger partial charge in [-0.05, 0) is 49.9 Å². The third-order valence-electron chi connectivity index (χ3n) is 10.5. The molecular formula is C23H40. The second kappa shape index (κ2) is 4.55. The molecule has 0 N–H and O–H groups in total. The van der Waals surface area contributed by atoms with Gasteiger partial charge in [-0.3, -0.25) is 0 Å². The summed E-state index contributed by atoms with van der Waals surface area (Å²) in [7, 11) is 0.